The average Bonchev–Trinajstić information content (AvgIpc) is 2.91. The van der Waals surface area contributed by atoms with Gasteiger partial charge in [-0.25, -0.2) is 0 Å². The van der Waals surface area contributed by atoms with Gasteiger partial charge in [-0.3, -0.25) is 9.79 Å². The molecule has 1 amide bonds. The number of rotatable bonds is 5. The molecule has 0 fully saturated rings. The molecule has 1 aromatic rings. The second kappa shape index (κ2) is 7.81. The summed E-state index contributed by atoms with van der Waals surface area (Å²) in [5.41, 5.74) is -0.214. The minimum absolute atomic E-state index is 0.0125. The normalized spacial score (nSPS) is 12.9. The molecule has 0 bridgehead atoms. The Bertz CT molecular complexity index is 529. The SMILES string of the molecule is CN=C(NCC(C)(C)c1cccs1)N(C)CC(=O)NC(C)(C)C. The number of nitrogens with one attached hydrogen (secondary N) is 2. The highest BCUT2D eigenvalue weighted by Gasteiger charge is 2.23. The smallest absolute Gasteiger partial charge is 0.240 e. The molecular formula is C17H30N4OS. The minimum atomic E-state index is -0.226. The van der Waals surface area contributed by atoms with E-state index in [9.17, 15) is 4.79 Å². The summed E-state index contributed by atoms with van der Waals surface area (Å²) >= 11 is 1.76. The zero-order valence-electron chi connectivity index (χ0n) is 15.4. The Balaban J connectivity index is 2.58. The molecule has 2 N–H and O–H groups in total. The topological polar surface area (TPSA) is 56.7 Å². The molecule has 1 rings (SSSR count). The van der Waals surface area contributed by atoms with Crippen molar-refractivity contribution in [1.29, 1.82) is 0 Å². The third-order valence-corrected chi connectivity index (χ3v) is 4.58. The third-order valence-electron chi connectivity index (χ3n) is 3.35. The maximum Gasteiger partial charge on any atom is 0.240 e. The van der Waals surface area contributed by atoms with E-state index in [1.807, 2.05) is 32.7 Å². The van der Waals surface area contributed by atoms with Gasteiger partial charge in [0.2, 0.25) is 5.91 Å². The van der Waals surface area contributed by atoms with Crippen LogP contribution in [0.5, 0.6) is 0 Å². The highest BCUT2D eigenvalue weighted by atomic mass is 32.1. The summed E-state index contributed by atoms with van der Waals surface area (Å²) in [5.74, 6) is 0.708. The Morgan fingerprint density at radius 3 is 2.43 bits per heavy atom. The van der Waals surface area contributed by atoms with Gasteiger partial charge in [-0.2, -0.15) is 0 Å². The van der Waals surface area contributed by atoms with Crippen molar-refractivity contribution in [1.82, 2.24) is 15.5 Å². The number of hydrogen-bond donors (Lipinski definition) is 2. The first kappa shape index (κ1) is 19.5. The second-order valence-electron chi connectivity index (χ2n) is 7.42. The van der Waals surface area contributed by atoms with Gasteiger partial charge < -0.3 is 15.5 Å². The molecule has 0 atom stereocenters. The maximum absolute atomic E-state index is 12.0. The molecule has 0 unspecified atom stereocenters. The van der Waals surface area contributed by atoms with E-state index in [0.29, 0.717) is 0 Å². The molecule has 0 aliphatic carbocycles. The number of carbonyl (C=O) groups excluding carboxylic acids is 1. The van der Waals surface area contributed by atoms with E-state index in [-0.39, 0.29) is 23.4 Å². The molecule has 23 heavy (non-hydrogen) atoms. The molecule has 0 aliphatic rings. The van der Waals surface area contributed by atoms with Crippen LogP contribution in [0.15, 0.2) is 22.5 Å². The number of aliphatic imine (C=N–C) groups is 1. The Labute approximate surface area is 144 Å². The zero-order chi connectivity index (χ0) is 17.7. The van der Waals surface area contributed by atoms with Gasteiger partial charge in [-0.15, -0.1) is 11.3 Å². The van der Waals surface area contributed by atoms with E-state index in [0.717, 1.165) is 12.5 Å². The van der Waals surface area contributed by atoms with Crippen LogP contribution in [0, 0.1) is 0 Å². The van der Waals surface area contributed by atoms with Crippen LogP contribution in [-0.4, -0.2) is 49.5 Å². The number of thiophene rings is 1. The van der Waals surface area contributed by atoms with Crippen LogP contribution in [0.3, 0.4) is 0 Å². The summed E-state index contributed by atoms with van der Waals surface area (Å²) in [7, 11) is 3.61. The van der Waals surface area contributed by atoms with Crippen molar-refractivity contribution < 1.29 is 4.79 Å². The molecule has 0 saturated heterocycles. The first-order valence-electron chi connectivity index (χ1n) is 7.82. The highest BCUT2D eigenvalue weighted by Crippen LogP contribution is 2.26. The monoisotopic (exact) mass is 338 g/mol. The van der Waals surface area contributed by atoms with Gasteiger partial charge in [0, 0.05) is 36.5 Å². The molecule has 0 aliphatic heterocycles. The molecule has 0 saturated carbocycles. The van der Waals surface area contributed by atoms with Crippen LogP contribution in [0.25, 0.3) is 0 Å². The molecule has 1 aromatic heterocycles. The standard InChI is InChI=1S/C17H30N4OS/c1-16(2,3)20-14(22)11-21(7)15(18-6)19-12-17(4,5)13-9-8-10-23-13/h8-10H,11-12H2,1-7H3,(H,18,19)(H,20,22). The lowest BCUT2D eigenvalue weighted by atomic mass is 9.91. The van der Waals surface area contributed by atoms with E-state index in [1.54, 1.807) is 18.4 Å². The summed E-state index contributed by atoms with van der Waals surface area (Å²) in [4.78, 5) is 19.5. The molecule has 0 spiro atoms. The zero-order valence-corrected chi connectivity index (χ0v) is 16.2. The second-order valence-corrected chi connectivity index (χ2v) is 8.36. The quantitative estimate of drug-likeness (QED) is 0.640. The van der Waals surface area contributed by atoms with E-state index in [2.05, 4.69) is 47.0 Å². The van der Waals surface area contributed by atoms with Crippen molar-refractivity contribution in [2.45, 2.75) is 45.6 Å². The van der Waals surface area contributed by atoms with Crippen LogP contribution in [0.2, 0.25) is 0 Å². The molecule has 6 heteroatoms. The van der Waals surface area contributed by atoms with Gasteiger partial charge in [-0.05, 0) is 32.2 Å². The lowest BCUT2D eigenvalue weighted by Crippen LogP contribution is -2.50. The number of amides is 1. The summed E-state index contributed by atoms with van der Waals surface area (Å²) in [6, 6.07) is 4.22. The number of carbonyl (C=O) groups is 1. The molecule has 130 valence electrons. The van der Waals surface area contributed by atoms with Gasteiger partial charge in [0.15, 0.2) is 5.96 Å². The van der Waals surface area contributed by atoms with Gasteiger partial charge >= 0.3 is 0 Å². The summed E-state index contributed by atoms with van der Waals surface area (Å²) in [6.07, 6.45) is 0. The largest absolute Gasteiger partial charge is 0.355 e. The number of nitrogens with zero attached hydrogens (tertiary/aromatic N) is 2. The van der Waals surface area contributed by atoms with Gasteiger partial charge in [0.25, 0.3) is 0 Å². The highest BCUT2D eigenvalue weighted by molar-refractivity contribution is 7.10. The van der Waals surface area contributed by atoms with Crippen LogP contribution < -0.4 is 10.6 Å². The van der Waals surface area contributed by atoms with Gasteiger partial charge in [-0.1, -0.05) is 19.9 Å². The maximum atomic E-state index is 12.0. The van der Waals surface area contributed by atoms with Crippen molar-refractivity contribution in [3.63, 3.8) is 0 Å². The molecule has 1 heterocycles. The predicted molar refractivity (Wildman–Crippen MR) is 99.2 cm³/mol. The van der Waals surface area contributed by atoms with E-state index in [4.69, 9.17) is 0 Å². The van der Waals surface area contributed by atoms with Crippen molar-refractivity contribution in [3.8, 4) is 0 Å². The van der Waals surface area contributed by atoms with Crippen molar-refractivity contribution >= 4 is 23.2 Å². The van der Waals surface area contributed by atoms with Crippen LogP contribution in [-0.2, 0) is 10.2 Å². The van der Waals surface area contributed by atoms with Crippen LogP contribution in [0.4, 0.5) is 0 Å². The summed E-state index contributed by atoms with van der Waals surface area (Å²) in [6.45, 7) is 11.4. The minimum Gasteiger partial charge on any atom is -0.355 e. The molecule has 0 radical (unpaired) electrons. The Hall–Kier alpha value is -1.56. The fraction of sp³-hybridized carbons (Fsp3) is 0.647. The van der Waals surface area contributed by atoms with Gasteiger partial charge in [0.1, 0.15) is 0 Å². The Morgan fingerprint density at radius 1 is 1.30 bits per heavy atom. The lowest BCUT2D eigenvalue weighted by molar-refractivity contribution is -0.122. The lowest BCUT2D eigenvalue weighted by Gasteiger charge is -2.29. The number of likely N-dealkylation sites (N-methyl/N-ethyl adjacent to an activating group) is 1. The Morgan fingerprint density at radius 2 is 1.96 bits per heavy atom. The van der Waals surface area contributed by atoms with E-state index >= 15 is 0 Å². The van der Waals surface area contributed by atoms with Crippen LogP contribution in [0.1, 0.15) is 39.5 Å². The third kappa shape index (κ3) is 6.60. The van der Waals surface area contributed by atoms with Crippen molar-refractivity contribution in [3.05, 3.63) is 22.4 Å². The summed E-state index contributed by atoms with van der Waals surface area (Å²) < 4.78 is 0. The molecule has 0 aromatic carbocycles. The number of guanidine groups is 1. The van der Waals surface area contributed by atoms with E-state index < -0.39 is 0 Å². The predicted octanol–water partition coefficient (Wildman–Crippen LogP) is 2.45. The molecule has 5 nitrogen and oxygen atoms in total. The Kier molecular flexibility index (Phi) is 6.62. The van der Waals surface area contributed by atoms with Crippen molar-refractivity contribution in [2.75, 3.05) is 27.2 Å². The first-order chi connectivity index (χ1) is 10.5. The fourth-order valence-corrected chi connectivity index (χ4v) is 3.04. The summed E-state index contributed by atoms with van der Waals surface area (Å²) in [5, 5.41) is 8.42. The first-order valence-corrected chi connectivity index (χ1v) is 8.70. The van der Waals surface area contributed by atoms with Gasteiger partial charge in [0.05, 0.1) is 6.54 Å². The average molecular weight is 339 g/mol. The fourth-order valence-electron chi connectivity index (χ4n) is 2.18. The van der Waals surface area contributed by atoms with Crippen molar-refractivity contribution in [2.24, 2.45) is 4.99 Å². The van der Waals surface area contributed by atoms with E-state index in [1.165, 1.54) is 4.88 Å². The van der Waals surface area contributed by atoms with Crippen LogP contribution >= 0.6 is 11.3 Å². The number of hydrogen-bond acceptors (Lipinski definition) is 3. The molecular weight excluding hydrogens is 308 g/mol.